The van der Waals surface area contributed by atoms with Crippen LogP contribution in [0.25, 0.3) is 0 Å². The number of ketones is 1. The van der Waals surface area contributed by atoms with Gasteiger partial charge in [0.15, 0.2) is 5.78 Å². The molecule has 0 bridgehead atoms. The highest BCUT2D eigenvalue weighted by Crippen LogP contribution is 2.17. The summed E-state index contributed by atoms with van der Waals surface area (Å²) >= 11 is 0. The molecule has 0 heterocycles. The second-order valence-corrected chi connectivity index (χ2v) is 4.84. The third-order valence-electron chi connectivity index (χ3n) is 3.59. The van der Waals surface area contributed by atoms with Crippen molar-refractivity contribution in [2.75, 3.05) is 6.54 Å². The molecule has 1 aliphatic carbocycles. The second kappa shape index (κ2) is 5.97. The Kier molecular flexibility index (Phi) is 4.32. The molecule has 0 atom stereocenters. The van der Waals surface area contributed by atoms with Crippen LogP contribution in [0, 0.1) is 0 Å². The lowest BCUT2D eigenvalue weighted by molar-refractivity contribution is 0.0987. The monoisotopic (exact) mass is 231 g/mol. The summed E-state index contributed by atoms with van der Waals surface area (Å²) in [5, 5.41) is 3.36. The molecule has 0 aromatic heterocycles. The lowest BCUT2D eigenvalue weighted by Gasteiger charge is -2.10. The Labute approximate surface area is 103 Å². The van der Waals surface area contributed by atoms with Crippen LogP contribution in [0.4, 0.5) is 0 Å². The van der Waals surface area contributed by atoms with Crippen LogP contribution in [0.2, 0.25) is 0 Å². The smallest absolute Gasteiger partial charge is 0.176 e. The Bertz CT molecular complexity index is 363. The summed E-state index contributed by atoms with van der Waals surface area (Å²) in [6.07, 6.45) is 6.08. The van der Waals surface area contributed by atoms with Gasteiger partial charge in [-0.2, -0.15) is 0 Å². The summed E-state index contributed by atoms with van der Waals surface area (Å²) in [5.41, 5.74) is 2.11. The van der Waals surface area contributed by atoms with Crippen molar-refractivity contribution in [2.24, 2.45) is 0 Å². The number of carbonyl (C=O) groups is 1. The topological polar surface area (TPSA) is 29.1 Å². The van der Waals surface area contributed by atoms with Gasteiger partial charge in [0.2, 0.25) is 0 Å². The minimum absolute atomic E-state index is 0.208. The zero-order valence-corrected chi connectivity index (χ0v) is 10.5. The van der Waals surface area contributed by atoms with Gasteiger partial charge in [0, 0.05) is 11.6 Å². The lowest BCUT2D eigenvalue weighted by atomic mass is 10.1. The number of Topliss-reactive ketones (excluding diaryl/α,β-unsaturated/α-hetero) is 1. The Morgan fingerprint density at radius 2 is 1.88 bits per heavy atom. The van der Waals surface area contributed by atoms with E-state index >= 15 is 0 Å². The van der Waals surface area contributed by atoms with Crippen molar-refractivity contribution >= 4 is 5.78 Å². The molecule has 2 heteroatoms. The first-order valence-electron chi connectivity index (χ1n) is 6.65. The van der Waals surface area contributed by atoms with Crippen LogP contribution in [0.5, 0.6) is 0 Å². The van der Waals surface area contributed by atoms with Gasteiger partial charge in [0.25, 0.3) is 0 Å². The van der Waals surface area contributed by atoms with Crippen LogP contribution >= 0.6 is 0 Å². The number of rotatable bonds is 5. The van der Waals surface area contributed by atoms with Crippen LogP contribution in [0.1, 0.15) is 48.5 Å². The predicted octanol–water partition coefficient (Wildman–Crippen LogP) is 2.96. The molecule has 0 aliphatic heterocycles. The van der Waals surface area contributed by atoms with E-state index in [1.54, 1.807) is 0 Å². The molecule has 1 aromatic carbocycles. The standard InChI is InChI=1S/C15H21NO/c1-2-12-7-9-13(10-8-12)15(17)11-16-14-5-3-4-6-14/h7-10,14,16H,2-6,11H2,1H3. The van der Waals surface area contributed by atoms with Crippen LogP contribution < -0.4 is 5.32 Å². The van der Waals surface area contributed by atoms with E-state index in [1.807, 2.05) is 24.3 Å². The van der Waals surface area contributed by atoms with Gasteiger partial charge in [-0.25, -0.2) is 0 Å². The average molecular weight is 231 g/mol. The minimum atomic E-state index is 0.208. The second-order valence-electron chi connectivity index (χ2n) is 4.84. The fourth-order valence-electron chi connectivity index (χ4n) is 2.40. The minimum Gasteiger partial charge on any atom is -0.307 e. The van der Waals surface area contributed by atoms with Gasteiger partial charge in [-0.1, -0.05) is 44.0 Å². The lowest BCUT2D eigenvalue weighted by Crippen LogP contribution is -2.31. The summed E-state index contributed by atoms with van der Waals surface area (Å²) in [6.45, 7) is 2.61. The van der Waals surface area contributed by atoms with Crippen LogP contribution in [-0.2, 0) is 6.42 Å². The van der Waals surface area contributed by atoms with Crippen molar-refractivity contribution in [1.82, 2.24) is 5.32 Å². The molecule has 1 saturated carbocycles. The highest BCUT2D eigenvalue weighted by Gasteiger charge is 2.15. The Morgan fingerprint density at radius 3 is 2.47 bits per heavy atom. The van der Waals surface area contributed by atoms with E-state index in [-0.39, 0.29) is 5.78 Å². The first-order chi connectivity index (χ1) is 8.29. The van der Waals surface area contributed by atoms with Crippen molar-refractivity contribution in [3.63, 3.8) is 0 Å². The van der Waals surface area contributed by atoms with Gasteiger partial charge in [-0.05, 0) is 24.8 Å². The van der Waals surface area contributed by atoms with E-state index in [0.29, 0.717) is 12.6 Å². The van der Waals surface area contributed by atoms with Crippen LogP contribution in [0.15, 0.2) is 24.3 Å². The van der Waals surface area contributed by atoms with Gasteiger partial charge < -0.3 is 5.32 Å². The fraction of sp³-hybridized carbons (Fsp3) is 0.533. The van der Waals surface area contributed by atoms with E-state index in [1.165, 1.54) is 31.2 Å². The molecule has 1 fully saturated rings. The molecule has 1 aliphatic rings. The molecule has 0 amide bonds. The molecule has 92 valence electrons. The van der Waals surface area contributed by atoms with Gasteiger partial charge in [-0.15, -0.1) is 0 Å². The average Bonchev–Trinajstić information content (AvgIpc) is 2.89. The normalized spacial score (nSPS) is 16.3. The molecule has 17 heavy (non-hydrogen) atoms. The highest BCUT2D eigenvalue weighted by atomic mass is 16.1. The van der Waals surface area contributed by atoms with Crippen LogP contribution in [-0.4, -0.2) is 18.4 Å². The Balaban J connectivity index is 1.85. The van der Waals surface area contributed by atoms with E-state index in [4.69, 9.17) is 0 Å². The number of hydrogen-bond donors (Lipinski definition) is 1. The molecule has 0 spiro atoms. The van der Waals surface area contributed by atoms with Crippen molar-refractivity contribution in [1.29, 1.82) is 0 Å². The summed E-state index contributed by atoms with van der Waals surface area (Å²) in [6, 6.07) is 8.54. The highest BCUT2D eigenvalue weighted by molar-refractivity contribution is 5.97. The largest absolute Gasteiger partial charge is 0.307 e. The fourth-order valence-corrected chi connectivity index (χ4v) is 2.40. The quantitative estimate of drug-likeness (QED) is 0.789. The SMILES string of the molecule is CCc1ccc(C(=O)CNC2CCCC2)cc1. The number of carbonyl (C=O) groups excluding carboxylic acids is 1. The molecule has 0 radical (unpaired) electrons. The van der Waals surface area contributed by atoms with E-state index < -0.39 is 0 Å². The summed E-state index contributed by atoms with van der Waals surface area (Å²) in [7, 11) is 0. The molecular weight excluding hydrogens is 210 g/mol. The molecule has 1 aromatic rings. The van der Waals surface area contributed by atoms with E-state index in [2.05, 4.69) is 12.2 Å². The van der Waals surface area contributed by atoms with Gasteiger partial charge >= 0.3 is 0 Å². The van der Waals surface area contributed by atoms with E-state index in [0.717, 1.165) is 12.0 Å². The first-order valence-corrected chi connectivity index (χ1v) is 6.65. The summed E-state index contributed by atoms with van der Waals surface area (Å²) in [4.78, 5) is 11.9. The number of nitrogens with one attached hydrogen (secondary N) is 1. The summed E-state index contributed by atoms with van der Waals surface area (Å²) < 4.78 is 0. The van der Waals surface area contributed by atoms with Crippen LogP contribution in [0.3, 0.4) is 0 Å². The van der Waals surface area contributed by atoms with Crippen molar-refractivity contribution in [3.05, 3.63) is 35.4 Å². The zero-order chi connectivity index (χ0) is 12.1. The number of benzene rings is 1. The Morgan fingerprint density at radius 1 is 1.24 bits per heavy atom. The zero-order valence-electron chi connectivity index (χ0n) is 10.5. The third kappa shape index (κ3) is 3.40. The Hall–Kier alpha value is -1.15. The van der Waals surface area contributed by atoms with Crippen molar-refractivity contribution in [2.45, 2.75) is 45.1 Å². The molecular formula is C15H21NO. The molecule has 1 N–H and O–H groups in total. The summed E-state index contributed by atoms with van der Waals surface area (Å²) in [5.74, 6) is 0.208. The maximum Gasteiger partial charge on any atom is 0.176 e. The first kappa shape index (κ1) is 12.3. The molecule has 0 saturated heterocycles. The van der Waals surface area contributed by atoms with Crippen molar-refractivity contribution in [3.8, 4) is 0 Å². The van der Waals surface area contributed by atoms with E-state index in [9.17, 15) is 4.79 Å². The molecule has 0 unspecified atom stereocenters. The van der Waals surface area contributed by atoms with Gasteiger partial charge in [-0.3, -0.25) is 4.79 Å². The molecule has 2 nitrogen and oxygen atoms in total. The van der Waals surface area contributed by atoms with Gasteiger partial charge in [0.1, 0.15) is 0 Å². The maximum atomic E-state index is 11.9. The predicted molar refractivity (Wildman–Crippen MR) is 70.4 cm³/mol. The third-order valence-corrected chi connectivity index (χ3v) is 3.59. The van der Waals surface area contributed by atoms with Crippen molar-refractivity contribution < 1.29 is 4.79 Å². The molecule has 2 rings (SSSR count). The number of aryl methyl sites for hydroxylation is 1. The van der Waals surface area contributed by atoms with Gasteiger partial charge in [0.05, 0.1) is 6.54 Å². The maximum absolute atomic E-state index is 11.9. The number of hydrogen-bond acceptors (Lipinski definition) is 2.